The number of hydrogen-bond acceptors (Lipinski definition) is 5. The minimum Gasteiger partial charge on any atom is -0.355 e. The molecule has 2 saturated heterocycles. The predicted molar refractivity (Wildman–Crippen MR) is 128 cm³/mol. The normalized spacial score (nSPS) is 19.8. The molecule has 174 valence electrons. The number of imidazole rings is 1. The van der Waals surface area contributed by atoms with Crippen molar-refractivity contribution >= 4 is 11.5 Å². The summed E-state index contributed by atoms with van der Waals surface area (Å²) in [6.07, 6.45) is 5.50. The number of pyridine rings is 1. The number of benzene rings is 1. The summed E-state index contributed by atoms with van der Waals surface area (Å²) in [5, 5.41) is 4.99. The molecule has 0 radical (unpaired) electrons. The van der Waals surface area contributed by atoms with Crippen molar-refractivity contribution in [1.29, 1.82) is 0 Å². The van der Waals surface area contributed by atoms with Crippen LogP contribution in [0.2, 0.25) is 0 Å². The molecule has 4 aromatic rings. The van der Waals surface area contributed by atoms with E-state index in [0.717, 1.165) is 66.5 Å². The van der Waals surface area contributed by atoms with Crippen molar-refractivity contribution < 1.29 is 8.78 Å². The lowest BCUT2D eigenvalue weighted by Gasteiger charge is -2.37. The smallest absolute Gasteiger partial charge is 0.155 e. The van der Waals surface area contributed by atoms with Gasteiger partial charge in [-0.25, -0.2) is 18.3 Å². The Balaban J connectivity index is 1.34. The zero-order chi connectivity index (χ0) is 23.1. The zero-order valence-corrected chi connectivity index (χ0v) is 18.8. The molecular weight excluding hydrogens is 434 g/mol. The predicted octanol–water partition coefficient (Wildman–Crippen LogP) is 4.61. The van der Waals surface area contributed by atoms with Gasteiger partial charge in [0.15, 0.2) is 5.65 Å². The minimum absolute atomic E-state index is 0.280. The largest absolute Gasteiger partial charge is 0.355 e. The van der Waals surface area contributed by atoms with Crippen LogP contribution >= 0.6 is 0 Å². The molecular formula is C26H26F2N6. The molecule has 8 heteroatoms. The molecule has 2 aliphatic heterocycles. The highest BCUT2D eigenvalue weighted by Crippen LogP contribution is 2.33. The second-order valence-corrected chi connectivity index (χ2v) is 9.11. The Bertz CT molecular complexity index is 1280. The molecule has 1 aromatic carbocycles. The maximum absolute atomic E-state index is 13.6. The van der Waals surface area contributed by atoms with Crippen molar-refractivity contribution in [2.24, 2.45) is 0 Å². The van der Waals surface area contributed by atoms with E-state index in [1.54, 1.807) is 24.5 Å². The summed E-state index contributed by atoms with van der Waals surface area (Å²) in [4.78, 5) is 13.6. The number of aromatic nitrogens is 4. The van der Waals surface area contributed by atoms with Crippen LogP contribution in [0.1, 0.15) is 19.3 Å². The highest BCUT2D eigenvalue weighted by atomic mass is 19.1. The van der Waals surface area contributed by atoms with E-state index in [1.165, 1.54) is 12.1 Å². The Kier molecular flexibility index (Phi) is 5.45. The molecule has 2 fully saturated rings. The average molecular weight is 461 g/mol. The van der Waals surface area contributed by atoms with Gasteiger partial charge in [-0.2, -0.15) is 0 Å². The van der Waals surface area contributed by atoms with Gasteiger partial charge in [-0.1, -0.05) is 0 Å². The van der Waals surface area contributed by atoms with Gasteiger partial charge in [0, 0.05) is 55.7 Å². The molecule has 2 aliphatic rings. The Hall–Kier alpha value is -3.39. The van der Waals surface area contributed by atoms with Crippen LogP contribution in [0.4, 0.5) is 14.6 Å². The van der Waals surface area contributed by atoms with Gasteiger partial charge in [0.1, 0.15) is 23.5 Å². The van der Waals surface area contributed by atoms with Gasteiger partial charge < -0.3 is 4.90 Å². The molecule has 0 amide bonds. The summed E-state index contributed by atoms with van der Waals surface area (Å²) in [5.74, 6) is 0.617. The Morgan fingerprint density at radius 1 is 0.824 bits per heavy atom. The zero-order valence-electron chi connectivity index (χ0n) is 18.8. The molecule has 0 spiro atoms. The van der Waals surface area contributed by atoms with Crippen LogP contribution in [-0.4, -0.2) is 62.9 Å². The Morgan fingerprint density at radius 2 is 1.59 bits per heavy atom. The lowest BCUT2D eigenvalue weighted by molar-refractivity contribution is 0.191. The summed E-state index contributed by atoms with van der Waals surface area (Å²) in [6, 6.07) is 14.7. The number of anilines is 1. The van der Waals surface area contributed by atoms with Crippen molar-refractivity contribution in [3.63, 3.8) is 0 Å². The second kappa shape index (κ2) is 8.76. The van der Waals surface area contributed by atoms with E-state index < -0.39 is 6.17 Å². The molecule has 34 heavy (non-hydrogen) atoms. The number of fused-ring (bicyclic) bond motifs is 1. The van der Waals surface area contributed by atoms with Crippen LogP contribution < -0.4 is 4.90 Å². The van der Waals surface area contributed by atoms with E-state index in [1.807, 2.05) is 28.8 Å². The third-order valence-corrected chi connectivity index (χ3v) is 7.00. The monoisotopic (exact) mass is 460 g/mol. The number of rotatable bonds is 4. The first-order chi connectivity index (χ1) is 16.7. The lowest BCUT2D eigenvalue weighted by atomic mass is 10.0. The summed E-state index contributed by atoms with van der Waals surface area (Å²) in [5.41, 5.74) is 4.12. The first-order valence-corrected chi connectivity index (χ1v) is 11.8. The van der Waals surface area contributed by atoms with Crippen LogP contribution in [0.5, 0.6) is 0 Å². The van der Waals surface area contributed by atoms with Crippen LogP contribution in [-0.2, 0) is 0 Å². The number of nitrogens with zero attached hydrogens (tertiary/aromatic N) is 6. The van der Waals surface area contributed by atoms with Gasteiger partial charge in [0.2, 0.25) is 0 Å². The molecule has 0 bridgehead atoms. The molecule has 6 rings (SSSR count). The maximum Gasteiger partial charge on any atom is 0.155 e. The first-order valence-electron chi connectivity index (χ1n) is 11.8. The third kappa shape index (κ3) is 3.92. The fourth-order valence-electron chi connectivity index (χ4n) is 5.20. The van der Waals surface area contributed by atoms with Crippen LogP contribution in [0.25, 0.3) is 28.2 Å². The quantitative estimate of drug-likeness (QED) is 0.445. The lowest BCUT2D eigenvalue weighted by Crippen LogP contribution is -2.44. The van der Waals surface area contributed by atoms with Crippen molar-refractivity contribution in [3.05, 3.63) is 66.7 Å². The number of hydrogen-bond donors (Lipinski definition) is 0. The highest BCUT2D eigenvalue weighted by Gasteiger charge is 2.31. The Labute approximate surface area is 196 Å². The minimum atomic E-state index is -0.676. The first kappa shape index (κ1) is 21.2. The molecule has 5 heterocycles. The van der Waals surface area contributed by atoms with Gasteiger partial charge >= 0.3 is 0 Å². The van der Waals surface area contributed by atoms with E-state index in [4.69, 9.17) is 10.1 Å². The fourth-order valence-corrected chi connectivity index (χ4v) is 5.20. The summed E-state index contributed by atoms with van der Waals surface area (Å²) in [6.45, 7) is 3.22. The van der Waals surface area contributed by atoms with E-state index in [-0.39, 0.29) is 5.82 Å². The van der Waals surface area contributed by atoms with Crippen molar-refractivity contribution in [3.8, 4) is 22.5 Å². The van der Waals surface area contributed by atoms with Crippen molar-refractivity contribution in [2.45, 2.75) is 31.5 Å². The molecule has 0 saturated carbocycles. The van der Waals surface area contributed by atoms with E-state index in [9.17, 15) is 8.78 Å². The topological polar surface area (TPSA) is 49.6 Å². The van der Waals surface area contributed by atoms with Gasteiger partial charge in [-0.3, -0.25) is 9.88 Å². The summed E-state index contributed by atoms with van der Waals surface area (Å²) < 4.78 is 29.1. The molecule has 1 unspecified atom stereocenters. The summed E-state index contributed by atoms with van der Waals surface area (Å²) >= 11 is 0. The van der Waals surface area contributed by atoms with Crippen molar-refractivity contribution in [1.82, 2.24) is 24.5 Å². The maximum atomic E-state index is 13.6. The fraction of sp³-hybridized carbons (Fsp3) is 0.346. The Morgan fingerprint density at radius 3 is 2.29 bits per heavy atom. The van der Waals surface area contributed by atoms with Gasteiger partial charge in [-0.05, 0) is 67.8 Å². The highest BCUT2D eigenvalue weighted by molar-refractivity contribution is 5.81. The molecule has 1 atom stereocenters. The van der Waals surface area contributed by atoms with Gasteiger partial charge in [0.05, 0.1) is 5.69 Å². The van der Waals surface area contributed by atoms with E-state index in [2.05, 4.69) is 14.8 Å². The molecule has 0 N–H and O–H groups in total. The van der Waals surface area contributed by atoms with Crippen LogP contribution in [0.15, 0.2) is 60.9 Å². The molecule has 3 aromatic heterocycles. The van der Waals surface area contributed by atoms with E-state index in [0.29, 0.717) is 19.0 Å². The number of likely N-dealkylation sites (tertiary alicyclic amines) is 1. The van der Waals surface area contributed by atoms with E-state index >= 15 is 0 Å². The standard InChI is InChI=1S/C26H26F2N6/c27-20-3-1-18(2-4-20)25-26(19-7-12-29-13-8-19)34-23(30-25)5-6-24(31-34)32-15-10-22(11-16-32)33-14-9-21(28)17-33/h1-8,12-13,21-22H,9-11,14-17H2. The SMILES string of the molecule is Fc1ccc(-c2nc3ccc(N4CCC(N5CCC(F)C5)CC4)nn3c2-c2ccncc2)cc1. The number of halogens is 2. The second-order valence-electron chi connectivity index (χ2n) is 9.11. The molecule has 6 nitrogen and oxygen atoms in total. The molecule has 0 aliphatic carbocycles. The van der Waals surface area contributed by atoms with Crippen molar-refractivity contribution in [2.75, 3.05) is 31.1 Å². The average Bonchev–Trinajstić information content (AvgIpc) is 3.48. The number of alkyl halides is 1. The number of piperidine rings is 1. The van der Waals surface area contributed by atoms with Gasteiger partial charge in [0.25, 0.3) is 0 Å². The third-order valence-electron chi connectivity index (χ3n) is 7.00. The van der Waals surface area contributed by atoms with Crippen LogP contribution in [0, 0.1) is 5.82 Å². The van der Waals surface area contributed by atoms with Crippen LogP contribution in [0.3, 0.4) is 0 Å². The van der Waals surface area contributed by atoms with Gasteiger partial charge in [-0.15, -0.1) is 5.10 Å². The summed E-state index contributed by atoms with van der Waals surface area (Å²) in [7, 11) is 0.